The largest absolute Gasteiger partial charge is 0.356 e. The lowest BCUT2D eigenvalue weighted by Crippen LogP contribution is -2.26. The van der Waals surface area contributed by atoms with Gasteiger partial charge in [-0.1, -0.05) is 91.0 Å². The predicted molar refractivity (Wildman–Crippen MR) is 119 cm³/mol. The van der Waals surface area contributed by atoms with Crippen LogP contribution in [-0.2, 0) is 4.79 Å². The van der Waals surface area contributed by atoms with Crippen LogP contribution in [0, 0.1) is 5.92 Å². The Kier molecular flexibility index (Phi) is 25.0. The topological polar surface area (TPSA) is 29.1 Å². The Morgan fingerprint density at radius 1 is 0.808 bits per heavy atom. The molecular formula is C24H47NO. The molecule has 2 heteroatoms. The van der Waals surface area contributed by atoms with Crippen molar-refractivity contribution in [2.24, 2.45) is 5.92 Å². The summed E-state index contributed by atoms with van der Waals surface area (Å²) < 4.78 is 0. The maximum atomic E-state index is 11.6. The molecule has 0 aliphatic heterocycles. The molecule has 2 nitrogen and oxygen atoms in total. The first kappa shape index (κ1) is 27.2. The van der Waals surface area contributed by atoms with Gasteiger partial charge in [0.15, 0.2) is 0 Å². The van der Waals surface area contributed by atoms with Crippen molar-refractivity contribution >= 4 is 5.91 Å². The summed E-state index contributed by atoms with van der Waals surface area (Å²) in [4.78, 5) is 11.6. The van der Waals surface area contributed by atoms with E-state index in [0.717, 1.165) is 19.4 Å². The van der Waals surface area contributed by atoms with Gasteiger partial charge >= 0.3 is 0 Å². The lowest BCUT2D eigenvalue weighted by atomic mass is 10.1. The first-order valence-electron chi connectivity index (χ1n) is 11.2. The second kappa shape index (κ2) is 23.9. The zero-order valence-electron chi connectivity index (χ0n) is 18.5. The molecule has 1 amide bonds. The van der Waals surface area contributed by atoms with Gasteiger partial charge in [0, 0.05) is 13.0 Å². The molecule has 0 spiro atoms. The summed E-state index contributed by atoms with van der Waals surface area (Å²) in [6, 6.07) is 0. The molecule has 0 aromatic heterocycles. The van der Waals surface area contributed by atoms with Crippen LogP contribution in [0.5, 0.6) is 0 Å². The molecule has 0 aliphatic carbocycles. The zero-order chi connectivity index (χ0) is 19.9. The number of hydrogen-bond acceptors (Lipinski definition) is 1. The minimum absolute atomic E-state index is 0.217. The number of carbonyl (C=O) groups excluding carboxylic acids is 1. The number of hydrogen-bond donors (Lipinski definition) is 1. The highest BCUT2D eigenvalue weighted by atomic mass is 16.1. The third kappa shape index (κ3) is 25.2. The van der Waals surface area contributed by atoms with E-state index in [2.05, 4.69) is 50.4 Å². The van der Waals surface area contributed by atoms with Crippen LogP contribution in [0.25, 0.3) is 0 Å². The van der Waals surface area contributed by atoms with E-state index in [4.69, 9.17) is 0 Å². The van der Waals surface area contributed by atoms with E-state index < -0.39 is 0 Å². The van der Waals surface area contributed by atoms with Crippen LogP contribution in [0.2, 0.25) is 0 Å². The third-order valence-corrected chi connectivity index (χ3v) is 4.06. The molecule has 0 rings (SSSR count). The quantitative estimate of drug-likeness (QED) is 0.221. The van der Waals surface area contributed by atoms with Gasteiger partial charge in [-0.2, -0.15) is 0 Å². The smallest absolute Gasteiger partial charge is 0.220 e. The van der Waals surface area contributed by atoms with Crippen LogP contribution in [-0.4, -0.2) is 12.5 Å². The van der Waals surface area contributed by atoms with Gasteiger partial charge in [0.25, 0.3) is 0 Å². The number of rotatable bonds is 16. The van der Waals surface area contributed by atoms with Crippen molar-refractivity contribution < 1.29 is 4.79 Å². The van der Waals surface area contributed by atoms with Crippen LogP contribution in [0.3, 0.4) is 0 Å². The van der Waals surface area contributed by atoms with Crippen LogP contribution in [0.4, 0.5) is 0 Å². The van der Waals surface area contributed by atoms with Crippen LogP contribution in [0.15, 0.2) is 24.3 Å². The van der Waals surface area contributed by atoms with Crippen molar-refractivity contribution in [1.29, 1.82) is 0 Å². The highest BCUT2D eigenvalue weighted by Gasteiger charge is 2.01. The van der Waals surface area contributed by atoms with Crippen molar-refractivity contribution in [1.82, 2.24) is 5.32 Å². The molecule has 0 aliphatic rings. The van der Waals surface area contributed by atoms with Gasteiger partial charge in [0.1, 0.15) is 0 Å². The van der Waals surface area contributed by atoms with E-state index in [1.807, 2.05) is 13.8 Å². The number of carbonyl (C=O) groups is 1. The van der Waals surface area contributed by atoms with Crippen molar-refractivity contribution in [3.8, 4) is 0 Å². The molecule has 0 atom stereocenters. The number of unbranched alkanes of at least 4 members (excludes halogenated alkanes) is 8. The summed E-state index contributed by atoms with van der Waals surface area (Å²) in [6.45, 7) is 11.3. The van der Waals surface area contributed by atoms with Gasteiger partial charge in [0.05, 0.1) is 0 Å². The molecule has 1 N–H and O–H groups in total. The molecule has 0 fully saturated rings. The van der Waals surface area contributed by atoms with Gasteiger partial charge < -0.3 is 5.32 Å². The van der Waals surface area contributed by atoms with Gasteiger partial charge in [-0.3, -0.25) is 4.79 Å². The predicted octanol–water partition coefficient (Wildman–Crippen LogP) is 7.60. The van der Waals surface area contributed by atoms with Crippen LogP contribution >= 0.6 is 0 Å². The third-order valence-electron chi connectivity index (χ3n) is 4.06. The minimum Gasteiger partial charge on any atom is -0.356 e. The molecule has 0 saturated carbocycles. The molecule has 0 radical (unpaired) electrons. The fourth-order valence-electron chi connectivity index (χ4n) is 2.50. The Morgan fingerprint density at radius 3 is 1.92 bits per heavy atom. The monoisotopic (exact) mass is 365 g/mol. The summed E-state index contributed by atoms with van der Waals surface area (Å²) in [5.74, 6) is 0.757. The molecule has 0 bridgehead atoms. The standard InChI is InChI=1S/C22H41NO.C2H6/c1-4-5-6-7-8-9-10-11-12-13-14-15-16-17-18-19-22(24)23-20-21(2)3;1-2/h8-9,11-12,21H,4-7,10,13-20H2,1-3H3,(H,23,24);1-2H3/b9-8-,12-11-;. The Labute approximate surface area is 164 Å². The highest BCUT2D eigenvalue weighted by molar-refractivity contribution is 5.75. The average Bonchev–Trinajstić information content (AvgIpc) is 2.64. The zero-order valence-corrected chi connectivity index (χ0v) is 18.5. The number of allylic oxidation sites excluding steroid dienone is 4. The Hall–Kier alpha value is -1.05. The van der Waals surface area contributed by atoms with Gasteiger partial charge in [-0.25, -0.2) is 0 Å². The molecule has 0 heterocycles. The molecule has 0 unspecified atom stereocenters. The second-order valence-electron chi connectivity index (χ2n) is 7.18. The SMILES string of the molecule is CC.CCCCC/C=C\C/C=C\CCCCCCCC(=O)NCC(C)C. The van der Waals surface area contributed by atoms with Crippen molar-refractivity contribution in [3.63, 3.8) is 0 Å². The summed E-state index contributed by atoms with van der Waals surface area (Å²) in [6.07, 6.45) is 23.4. The Morgan fingerprint density at radius 2 is 1.35 bits per heavy atom. The highest BCUT2D eigenvalue weighted by Crippen LogP contribution is 2.08. The fourth-order valence-corrected chi connectivity index (χ4v) is 2.50. The molecule has 0 saturated heterocycles. The number of amides is 1. The van der Waals surface area contributed by atoms with E-state index in [9.17, 15) is 4.79 Å². The van der Waals surface area contributed by atoms with E-state index >= 15 is 0 Å². The molecule has 154 valence electrons. The molecular weight excluding hydrogens is 318 g/mol. The summed E-state index contributed by atoms with van der Waals surface area (Å²) >= 11 is 0. The van der Waals surface area contributed by atoms with Gasteiger partial charge in [0.2, 0.25) is 5.91 Å². The lowest BCUT2D eigenvalue weighted by molar-refractivity contribution is -0.121. The van der Waals surface area contributed by atoms with Gasteiger partial charge in [-0.15, -0.1) is 0 Å². The van der Waals surface area contributed by atoms with Gasteiger partial charge in [-0.05, 0) is 44.4 Å². The van der Waals surface area contributed by atoms with Crippen LogP contribution in [0.1, 0.15) is 112 Å². The van der Waals surface area contributed by atoms with E-state index in [-0.39, 0.29) is 5.91 Å². The Bertz CT molecular complexity index is 331. The summed E-state index contributed by atoms with van der Waals surface area (Å²) in [5.41, 5.74) is 0. The van der Waals surface area contributed by atoms with Crippen molar-refractivity contribution in [2.75, 3.05) is 6.54 Å². The summed E-state index contributed by atoms with van der Waals surface area (Å²) in [7, 11) is 0. The number of nitrogens with one attached hydrogen (secondary N) is 1. The van der Waals surface area contributed by atoms with E-state index in [1.165, 1.54) is 57.8 Å². The van der Waals surface area contributed by atoms with E-state index in [0.29, 0.717) is 12.3 Å². The molecule has 26 heavy (non-hydrogen) atoms. The normalized spacial score (nSPS) is 11.2. The first-order valence-corrected chi connectivity index (χ1v) is 11.2. The maximum absolute atomic E-state index is 11.6. The van der Waals surface area contributed by atoms with Crippen molar-refractivity contribution in [3.05, 3.63) is 24.3 Å². The second-order valence-corrected chi connectivity index (χ2v) is 7.18. The van der Waals surface area contributed by atoms with E-state index in [1.54, 1.807) is 0 Å². The lowest BCUT2D eigenvalue weighted by Gasteiger charge is -2.07. The minimum atomic E-state index is 0.217. The Balaban J connectivity index is 0. The fraction of sp³-hybridized carbons (Fsp3) is 0.792. The van der Waals surface area contributed by atoms with Crippen molar-refractivity contribution in [2.45, 2.75) is 112 Å². The average molecular weight is 366 g/mol. The summed E-state index contributed by atoms with van der Waals surface area (Å²) in [5, 5.41) is 2.98. The first-order chi connectivity index (χ1) is 12.7. The maximum Gasteiger partial charge on any atom is 0.220 e. The molecule has 0 aromatic rings. The molecule has 0 aromatic carbocycles. The van der Waals surface area contributed by atoms with Crippen LogP contribution < -0.4 is 5.32 Å².